The molecule has 186 valence electrons. The number of ether oxygens (including phenoxy) is 1. The third-order valence-electron chi connectivity index (χ3n) is 6.50. The lowest BCUT2D eigenvalue weighted by atomic mass is 10.0. The highest BCUT2D eigenvalue weighted by molar-refractivity contribution is 5.78. The lowest BCUT2D eigenvalue weighted by molar-refractivity contribution is -0.137. The normalized spacial score (nSPS) is 14.8. The number of benzene rings is 2. The van der Waals surface area contributed by atoms with E-state index in [0.29, 0.717) is 11.4 Å². The monoisotopic (exact) mass is 484 g/mol. The number of hydrogen-bond donors (Lipinski definition) is 1. The Kier molecular flexibility index (Phi) is 7.80. The number of anilines is 2. The molecular weight excluding hydrogens is 453 g/mol. The molecule has 35 heavy (non-hydrogen) atoms. The molecule has 3 aromatic rings. The van der Waals surface area contributed by atoms with Gasteiger partial charge in [0.05, 0.1) is 24.1 Å². The maximum absolute atomic E-state index is 13.0. The molecular formula is C27H31F3N4O. The highest BCUT2D eigenvalue weighted by Crippen LogP contribution is 2.32. The molecule has 8 heteroatoms. The van der Waals surface area contributed by atoms with Crippen LogP contribution in [0.1, 0.15) is 24.1 Å². The van der Waals surface area contributed by atoms with Gasteiger partial charge in [-0.2, -0.15) is 13.2 Å². The number of rotatable bonds is 8. The third kappa shape index (κ3) is 6.25. The van der Waals surface area contributed by atoms with Crippen LogP contribution in [-0.4, -0.2) is 49.7 Å². The van der Waals surface area contributed by atoms with Gasteiger partial charge in [0.2, 0.25) is 0 Å². The molecule has 0 amide bonds. The molecule has 2 aromatic carbocycles. The number of unbranched alkanes of at least 4 members (excludes halogenated alkanes) is 1. The summed E-state index contributed by atoms with van der Waals surface area (Å²) < 4.78 is 44.4. The molecule has 1 aromatic heterocycles. The molecule has 0 atom stereocenters. The number of alkyl halides is 3. The Labute approximate surface area is 204 Å². The predicted octanol–water partition coefficient (Wildman–Crippen LogP) is 5.50. The van der Waals surface area contributed by atoms with E-state index in [0.717, 1.165) is 80.6 Å². The van der Waals surface area contributed by atoms with Crippen LogP contribution < -0.4 is 15.4 Å². The fourth-order valence-electron chi connectivity index (χ4n) is 4.49. The Morgan fingerprint density at radius 1 is 0.971 bits per heavy atom. The number of pyridine rings is 1. The van der Waals surface area contributed by atoms with Gasteiger partial charge >= 0.3 is 6.18 Å². The van der Waals surface area contributed by atoms with Gasteiger partial charge < -0.3 is 15.4 Å². The summed E-state index contributed by atoms with van der Waals surface area (Å²) in [5.41, 5.74) is 10.1. The van der Waals surface area contributed by atoms with Crippen molar-refractivity contribution in [1.82, 2.24) is 9.88 Å². The summed E-state index contributed by atoms with van der Waals surface area (Å²) in [6, 6.07) is 15.3. The number of halogens is 3. The average Bonchev–Trinajstić information content (AvgIpc) is 2.87. The van der Waals surface area contributed by atoms with E-state index in [1.165, 1.54) is 12.1 Å². The van der Waals surface area contributed by atoms with E-state index in [1.807, 2.05) is 35.2 Å². The van der Waals surface area contributed by atoms with Gasteiger partial charge in [-0.1, -0.05) is 18.2 Å². The number of methoxy groups -OCH3 is 1. The fourth-order valence-corrected chi connectivity index (χ4v) is 4.49. The molecule has 1 aliphatic rings. The van der Waals surface area contributed by atoms with Gasteiger partial charge in [0.1, 0.15) is 5.75 Å². The highest BCUT2D eigenvalue weighted by atomic mass is 19.4. The van der Waals surface area contributed by atoms with Gasteiger partial charge in [-0.3, -0.25) is 9.88 Å². The quantitative estimate of drug-likeness (QED) is 0.428. The number of piperazine rings is 1. The molecule has 1 fully saturated rings. The van der Waals surface area contributed by atoms with Gasteiger partial charge in [-0.05, 0) is 67.8 Å². The molecule has 0 bridgehead atoms. The van der Waals surface area contributed by atoms with Crippen molar-refractivity contribution in [2.75, 3.05) is 50.5 Å². The van der Waals surface area contributed by atoms with Crippen LogP contribution in [0.15, 0.2) is 60.8 Å². The number of nitrogen functional groups attached to an aromatic ring is 1. The number of aryl methyl sites for hydroxylation is 1. The minimum Gasteiger partial charge on any atom is -0.497 e. The third-order valence-corrected chi connectivity index (χ3v) is 6.50. The van der Waals surface area contributed by atoms with Crippen molar-refractivity contribution in [3.63, 3.8) is 0 Å². The van der Waals surface area contributed by atoms with Crippen molar-refractivity contribution in [1.29, 1.82) is 0 Å². The van der Waals surface area contributed by atoms with Gasteiger partial charge in [0.15, 0.2) is 0 Å². The first-order valence-corrected chi connectivity index (χ1v) is 11.9. The first-order chi connectivity index (χ1) is 16.8. The van der Waals surface area contributed by atoms with Crippen LogP contribution in [0.3, 0.4) is 0 Å². The summed E-state index contributed by atoms with van der Waals surface area (Å²) in [7, 11) is 1.64. The molecule has 0 unspecified atom stereocenters. The zero-order valence-corrected chi connectivity index (χ0v) is 19.9. The van der Waals surface area contributed by atoms with E-state index >= 15 is 0 Å². The number of aromatic nitrogens is 1. The Morgan fingerprint density at radius 3 is 2.49 bits per heavy atom. The smallest absolute Gasteiger partial charge is 0.416 e. The van der Waals surface area contributed by atoms with Crippen molar-refractivity contribution in [3.05, 3.63) is 72.1 Å². The van der Waals surface area contributed by atoms with Crippen LogP contribution >= 0.6 is 0 Å². The van der Waals surface area contributed by atoms with Crippen molar-refractivity contribution in [2.24, 2.45) is 0 Å². The molecule has 2 heterocycles. The zero-order chi connectivity index (χ0) is 24.8. The van der Waals surface area contributed by atoms with E-state index in [4.69, 9.17) is 10.5 Å². The van der Waals surface area contributed by atoms with E-state index in [2.05, 4.69) is 9.88 Å². The van der Waals surface area contributed by atoms with E-state index in [9.17, 15) is 13.2 Å². The lowest BCUT2D eigenvalue weighted by Gasteiger charge is -2.36. The van der Waals surface area contributed by atoms with Gasteiger partial charge in [-0.15, -0.1) is 0 Å². The molecule has 1 aliphatic heterocycles. The van der Waals surface area contributed by atoms with E-state index < -0.39 is 11.7 Å². The first kappa shape index (κ1) is 24.9. The minimum absolute atomic E-state index is 0.596. The highest BCUT2D eigenvalue weighted by Gasteiger charge is 2.31. The second kappa shape index (κ2) is 11.0. The summed E-state index contributed by atoms with van der Waals surface area (Å²) >= 11 is 0. The van der Waals surface area contributed by atoms with Crippen molar-refractivity contribution in [2.45, 2.75) is 25.4 Å². The van der Waals surface area contributed by atoms with Crippen LogP contribution in [0.2, 0.25) is 0 Å². The largest absolute Gasteiger partial charge is 0.497 e. The number of hydrogen-bond acceptors (Lipinski definition) is 5. The molecule has 4 rings (SSSR count). The van der Waals surface area contributed by atoms with Crippen LogP contribution in [0.4, 0.5) is 24.5 Å². The Hall–Kier alpha value is -3.26. The summed E-state index contributed by atoms with van der Waals surface area (Å²) in [4.78, 5) is 8.90. The van der Waals surface area contributed by atoms with Crippen molar-refractivity contribution >= 4 is 11.4 Å². The topological polar surface area (TPSA) is 54.6 Å². The molecule has 0 radical (unpaired) electrons. The Morgan fingerprint density at radius 2 is 1.74 bits per heavy atom. The van der Waals surface area contributed by atoms with E-state index in [-0.39, 0.29) is 0 Å². The SMILES string of the molecule is COc1cccc(-c2ccnc(CCCCN3CCN(c4cccc(C(F)(F)F)c4)CC3)c2N)c1. The summed E-state index contributed by atoms with van der Waals surface area (Å²) in [5.74, 6) is 0.786. The average molecular weight is 485 g/mol. The molecule has 0 spiro atoms. The lowest BCUT2D eigenvalue weighted by Crippen LogP contribution is -2.46. The van der Waals surface area contributed by atoms with Crippen molar-refractivity contribution < 1.29 is 17.9 Å². The summed E-state index contributed by atoms with van der Waals surface area (Å²) in [6.07, 6.45) is 0.256. The maximum Gasteiger partial charge on any atom is 0.416 e. The second-order valence-electron chi connectivity index (χ2n) is 8.78. The summed E-state index contributed by atoms with van der Waals surface area (Å²) in [5, 5.41) is 0. The zero-order valence-electron chi connectivity index (χ0n) is 19.9. The fraction of sp³-hybridized carbons (Fsp3) is 0.370. The van der Waals surface area contributed by atoms with Crippen molar-refractivity contribution in [3.8, 4) is 16.9 Å². The Bertz CT molecular complexity index is 1130. The predicted molar refractivity (Wildman–Crippen MR) is 134 cm³/mol. The molecule has 5 nitrogen and oxygen atoms in total. The second-order valence-corrected chi connectivity index (χ2v) is 8.78. The van der Waals surface area contributed by atoms with E-state index in [1.54, 1.807) is 19.4 Å². The summed E-state index contributed by atoms with van der Waals surface area (Å²) in [6.45, 7) is 4.06. The van der Waals surface area contributed by atoms with Gasteiger partial charge in [-0.25, -0.2) is 0 Å². The van der Waals surface area contributed by atoms with Crippen LogP contribution in [0, 0.1) is 0 Å². The van der Waals surface area contributed by atoms with Gasteiger partial charge in [0, 0.05) is 43.6 Å². The maximum atomic E-state index is 13.0. The van der Waals surface area contributed by atoms with Crippen LogP contribution in [0.5, 0.6) is 5.75 Å². The van der Waals surface area contributed by atoms with Crippen LogP contribution in [-0.2, 0) is 12.6 Å². The molecule has 2 N–H and O–H groups in total. The van der Waals surface area contributed by atoms with Crippen LogP contribution in [0.25, 0.3) is 11.1 Å². The molecule has 0 aliphatic carbocycles. The minimum atomic E-state index is -4.32. The number of nitrogens with two attached hydrogens (primary N) is 1. The molecule has 1 saturated heterocycles. The van der Waals surface area contributed by atoms with Gasteiger partial charge in [0.25, 0.3) is 0 Å². The standard InChI is InChI=1S/C27H31F3N4O/c1-35-23-9-4-6-20(18-23)24-11-12-32-25(26(24)31)10-2-3-13-33-14-16-34(17-15-33)22-8-5-7-21(19-22)27(28,29)30/h4-9,11-12,18-19H,2-3,10,13-17,31H2,1H3. The Balaban J connectivity index is 1.25. The first-order valence-electron chi connectivity index (χ1n) is 11.9. The molecule has 0 saturated carbocycles. The number of nitrogens with zero attached hydrogens (tertiary/aromatic N) is 3.